The van der Waals surface area contributed by atoms with Crippen LogP contribution in [0.4, 0.5) is 22.0 Å². The summed E-state index contributed by atoms with van der Waals surface area (Å²) >= 11 is -5.06. The molecule has 0 unspecified atom stereocenters. The second-order valence-corrected chi connectivity index (χ2v) is 9.11. The number of hydrogen-bond acceptors (Lipinski definition) is 3. The van der Waals surface area contributed by atoms with Crippen molar-refractivity contribution in [3.8, 4) is 0 Å². The zero-order valence-corrected chi connectivity index (χ0v) is 11.7. The van der Waals surface area contributed by atoms with Crippen LogP contribution >= 0.6 is 20.2 Å². The van der Waals surface area contributed by atoms with Crippen molar-refractivity contribution in [2.45, 2.75) is 10.1 Å². The van der Waals surface area contributed by atoms with Crippen LogP contribution in [0.5, 0.6) is 0 Å². The van der Waals surface area contributed by atoms with Crippen molar-refractivity contribution < 1.29 is 37.4 Å². The number of alkyl halides is 6. The molecule has 19 heavy (non-hydrogen) atoms. The molecule has 1 aromatic rings. The van der Waals surface area contributed by atoms with Crippen LogP contribution in [0.15, 0.2) is 30.3 Å². The molecule has 0 aliphatic carbocycles. The fourth-order valence-corrected chi connectivity index (χ4v) is 6.30. The minimum atomic E-state index is -5.97. The Morgan fingerprint density at radius 1 is 1.05 bits per heavy atom. The molecule has 0 spiro atoms. The summed E-state index contributed by atoms with van der Waals surface area (Å²) in [6.45, 7) is 0. The monoisotopic (exact) mass is 420 g/mol. The van der Waals surface area contributed by atoms with Gasteiger partial charge in [0.1, 0.15) is 0 Å². The molecule has 0 heterocycles. The number of halogens is 6. The number of hydrogen-bond donors (Lipinski definition) is 1. The van der Waals surface area contributed by atoms with Crippen LogP contribution in [0, 0.1) is 3.57 Å². The third-order valence-corrected chi connectivity index (χ3v) is 8.03. The van der Waals surface area contributed by atoms with Gasteiger partial charge in [-0.3, -0.25) is 0 Å². The van der Waals surface area contributed by atoms with E-state index in [0.717, 1.165) is 24.3 Å². The summed E-state index contributed by atoms with van der Waals surface area (Å²) in [4.78, 5) is 0. The van der Waals surface area contributed by atoms with E-state index >= 15 is 0 Å². The SMILES string of the molecule is O=S(=O)(O)OI(c1ccccc1)C(F)(F)C(F)(F)F. The van der Waals surface area contributed by atoms with E-state index in [4.69, 9.17) is 4.55 Å². The average molecular weight is 420 g/mol. The van der Waals surface area contributed by atoms with Crippen LogP contribution in [-0.2, 0) is 12.9 Å². The second kappa shape index (κ2) is 5.46. The van der Waals surface area contributed by atoms with Crippen molar-refractivity contribution in [3.63, 3.8) is 0 Å². The van der Waals surface area contributed by atoms with Crippen molar-refractivity contribution in [2.24, 2.45) is 0 Å². The number of rotatable bonds is 4. The van der Waals surface area contributed by atoms with Crippen molar-refractivity contribution in [2.75, 3.05) is 0 Å². The maximum absolute atomic E-state index is 13.3. The number of benzene rings is 1. The molecule has 0 saturated heterocycles. The first-order valence-electron chi connectivity index (χ1n) is 4.32. The van der Waals surface area contributed by atoms with Crippen LogP contribution in [0.2, 0.25) is 0 Å². The van der Waals surface area contributed by atoms with Gasteiger partial charge in [0.05, 0.1) is 0 Å². The topological polar surface area (TPSA) is 63.6 Å². The molecule has 1 rings (SSSR count). The van der Waals surface area contributed by atoms with E-state index in [1.54, 1.807) is 0 Å². The molecule has 0 aromatic heterocycles. The van der Waals surface area contributed by atoms with Crippen molar-refractivity contribution in [1.29, 1.82) is 0 Å². The average Bonchev–Trinajstić information content (AvgIpc) is 2.24. The molecule has 4 nitrogen and oxygen atoms in total. The molecule has 110 valence electrons. The fraction of sp³-hybridized carbons (Fsp3) is 0.250. The zero-order valence-electron chi connectivity index (χ0n) is 8.73. The first kappa shape index (κ1) is 16.5. The first-order valence-corrected chi connectivity index (χ1v) is 8.72. The van der Waals surface area contributed by atoms with Gasteiger partial charge in [-0.05, 0) is 0 Å². The van der Waals surface area contributed by atoms with Crippen LogP contribution < -0.4 is 0 Å². The van der Waals surface area contributed by atoms with Crippen LogP contribution in [0.1, 0.15) is 0 Å². The molecule has 11 heteroatoms. The molecule has 0 aliphatic rings. The Bertz CT molecular complexity index is 530. The molecule has 1 N–H and O–H groups in total. The summed E-state index contributed by atoms with van der Waals surface area (Å²) < 4.78 is 90.3. The summed E-state index contributed by atoms with van der Waals surface area (Å²) in [6.07, 6.45) is -5.97. The van der Waals surface area contributed by atoms with E-state index in [-0.39, 0.29) is 0 Å². The molecule has 0 saturated carbocycles. The predicted molar refractivity (Wildman–Crippen MR) is 62.8 cm³/mol. The Kier molecular flexibility index (Phi) is 4.75. The van der Waals surface area contributed by atoms with Gasteiger partial charge in [-0.15, -0.1) is 0 Å². The molecule has 0 radical (unpaired) electrons. The molecule has 0 aliphatic heterocycles. The van der Waals surface area contributed by atoms with Crippen LogP contribution in [0.3, 0.4) is 0 Å². The standard InChI is InChI=1S/C8H6F5IO4S/c9-7(10,11)8(12,13)14(18-19(15,16)17)6-4-2-1-3-5-6/h1-5H,(H,15,16,17). The zero-order chi connectivity index (χ0) is 14.9. The Morgan fingerprint density at radius 2 is 1.53 bits per heavy atom. The normalized spacial score (nSPS) is 14.3. The van der Waals surface area contributed by atoms with Gasteiger partial charge in [0.25, 0.3) is 0 Å². The Balaban J connectivity index is 3.29. The molecule has 0 fully saturated rings. The summed E-state index contributed by atoms with van der Waals surface area (Å²) in [5.74, 6) is 0. The van der Waals surface area contributed by atoms with Crippen LogP contribution in [0.25, 0.3) is 0 Å². The van der Waals surface area contributed by atoms with Gasteiger partial charge in [-0.2, -0.15) is 0 Å². The van der Waals surface area contributed by atoms with E-state index in [9.17, 15) is 30.4 Å². The predicted octanol–water partition coefficient (Wildman–Crippen LogP) is 3.25. The van der Waals surface area contributed by atoms with Gasteiger partial charge < -0.3 is 0 Å². The van der Waals surface area contributed by atoms with E-state index in [1.165, 1.54) is 6.07 Å². The first-order chi connectivity index (χ1) is 8.45. The van der Waals surface area contributed by atoms with Gasteiger partial charge in [-0.1, -0.05) is 0 Å². The summed E-state index contributed by atoms with van der Waals surface area (Å²) in [5, 5.41) is 0. The third-order valence-electron chi connectivity index (χ3n) is 1.61. The molecule has 1 aromatic carbocycles. The Hall–Kier alpha value is -0.530. The third kappa shape index (κ3) is 4.22. The summed E-state index contributed by atoms with van der Waals surface area (Å²) in [7, 11) is -5.43. The van der Waals surface area contributed by atoms with Crippen LogP contribution in [-0.4, -0.2) is 23.1 Å². The van der Waals surface area contributed by atoms with E-state index in [1.807, 2.05) is 0 Å². The molecule has 0 amide bonds. The second-order valence-electron chi connectivity index (χ2n) is 3.03. The molecule has 0 atom stereocenters. The Morgan fingerprint density at radius 3 is 1.89 bits per heavy atom. The summed E-state index contributed by atoms with van der Waals surface area (Å²) in [6, 6.07) is 5.42. The van der Waals surface area contributed by atoms with Crippen molar-refractivity contribution in [1.82, 2.24) is 0 Å². The van der Waals surface area contributed by atoms with Gasteiger partial charge in [0.15, 0.2) is 0 Å². The molecular weight excluding hydrogens is 414 g/mol. The quantitative estimate of drug-likeness (QED) is 0.352. The molecular formula is C8H6F5IO4S. The Labute approximate surface area is 112 Å². The van der Waals surface area contributed by atoms with E-state index in [0.29, 0.717) is 0 Å². The van der Waals surface area contributed by atoms with Crippen molar-refractivity contribution >= 4 is 30.6 Å². The maximum atomic E-state index is 13.3. The minimum absolute atomic E-state index is 0.591. The van der Waals surface area contributed by atoms with E-state index < -0.39 is 44.3 Å². The van der Waals surface area contributed by atoms with Gasteiger partial charge in [0, 0.05) is 0 Å². The van der Waals surface area contributed by atoms with E-state index in [2.05, 4.69) is 2.51 Å². The fourth-order valence-electron chi connectivity index (χ4n) is 0.919. The van der Waals surface area contributed by atoms with Gasteiger partial charge in [0.2, 0.25) is 0 Å². The van der Waals surface area contributed by atoms with Crippen molar-refractivity contribution in [3.05, 3.63) is 33.9 Å². The molecule has 0 bridgehead atoms. The summed E-state index contributed by atoms with van der Waals surface area (Å²) in [5.41, 5.74) is 0. The van der Waals surface area contributed by atoms with Gasteiger partial charge in [-0.25, -0.2) is 0 Å². The van der Waals surface area contributed by atoms with Gasteiger partial charge >= 0.3 is 112 Å².